The first-order valence-corrected chi connectivity index (χ1v) is 5.38. The molecule has 82 valence electrons. The molecule has 0 spiro atoms. The molecule has 0 saturated heterocycles. The number of nitrogens with zero attached hydrogens (tertiary/aromatic N) is 1. The van der Waals surface area contributed by atoms with Crippen molar-refractivity contribution in [3.63, 3.8) is 0 Å². The Balaban J connectivity index is 3.90. The van der Waals surface area contributed by atoms with Gasteiger partial charge in [-0.2, -0.15) is 0 Å². The molecule has 0 bridgehead atoms. The molecule has 0 aliphatic rings. The largest absolute Gasteiger partial charge is 0.393 e. The van der Waals surface area contributed by atoms with E-state index in [0.29, 0.717) is 23.9 Å². The van der Waals surface area contributed by atoms with Gasteiger partial charge in [0.05, 0.1) is 4.99 Å². The van der Waals surface area contributed by atoms with Crippen LogP contribution in [-0.4, -0.2) is 28.9 Å². The molecule has 0 saturated carbocycles. The van der Waals surface area contributed by atoms with Crippen molar-refractivity contribution in [3.8, 4) is 0 Å². The standard InChI is InChI=1S/C10H20N2OS/c1-8(2)4-6-12(9(3)13)7-5-10(11)14/h8H,4-7H2,1-3H3,(H2,11,14). The first-order valence-electron chi connectivity index (χ1n) is 4.97. The second kappa shape index (κ2) is 6.76. The second-order valence-corrected chi connectivity index (χ2v) is 4.43. The molecule has 0 unspecified atom stereocenters. The zero-order valence-electron chi connectivity index (χ0n) is 9.25. The summed E-state index contributed by atoms with van der Waals surface area (Å²) in [6, 6.07) is 0. The molecule has 14 heavy (non-hydrogen) atoms. The minimum absolute atomic E-state index is 0.0990. The second-order valence-electron chi connectivity index (χ2n) is 3.90. The van der Waals surface area contributed by atoms with Crippen molar-refractivity contribution < 1.29 is 4.79 Å². The first-order chi connectivity index (χ1) is 6.43. The van der Waals surface area contributed by atoms with Crippen molar-refractivity contribution >= 4 is 23.1 Å². The highest BCUT2D eigenvalue weighted by atomic mass is 32.1. The lowest BCUT2D eigenvalue weighted by atomic mass is 10.1. The van der Waals surface area contributed by atoms with Crippen molar-refractivity contribution in [1.29, 1.82) is 0 Å². The van der Waals surface area contributed by atoms with Gasteiger partial charge in [0.2, 0.25) is 5.91 Å². The summed E-state index contributed by atoms with van der Waals surface area (Å²) < 4.78 is 0. The van der Waals surface area contributed by atoms with E-state index in [1.807, 2.05) is 0 Å². The molecule has 0 radical (unpaired) electrons. The third kappa shape index (κ3) is 6.83. The fraction of sp³-hybridized carbons (Fsp3) is 0.800. The third-order valence-electron chi connectivity index (χ3n) is 2.05. The molecule has 0 atom stereocenters. The van der Waals surface area contributed by atoms with E-state index in [1.54, 1.807) is 11.8 Å². The molecule has 0 fully saturated rings. The first kappa shape index (κ1) is 13.4. The van der Waals surface area contributed by atoms with Crippen molar-refractivity contribution in [2.75, 3.05) is 13.1 Å². The van der Waals surface area contributed by atoms with Crippen molar-refractivity contribution in [2.45, 2.75) is 33.6 Å². The quantitative estimate of drug-likeness (QED) is 0.685. The van der Waals surface area contributed by atoms with Gasteiger partial charge in [-0.3, -0.25) is 4.79 Å². The van der Waals surface area contributed by atoms with E-state index < -0.39 is 0 Å². The number of amides is 1. The number of carbonyl (C=O) groups excluding carboxylic acids is 1. The molecule has 0 aromatic carbocycles. The maximum Gasteiger partial charge on any atom is 0.219 e. The number of hydrogen-bond acceptors (Lipinski definition) is 2. The molecule has 0 aromatic heterocycles. The number of thiocarbonyl (C=S) groups is 1. The van der Waals surface area contributed by atoms with E-state index in [0.717, 1.165) is 13.0 Å². The van der Waals surface area contributed by atoms with Crippen LogP contribution < -0.4 is 5.73 Å². The lowest BCUT2D eigenvalue weighted by Gasteiger charge is -2.21. The fourth-order valence-electron chi connectivity index (χ4n) is 1.09. The normalized spacial score (nSPS) is 10.3. The van der Waals surface area contributed by atoms with Gasteiger partial charge in [0.25, 0.3) is 0 Å². The number of nitrogens with two attached hydrogens (primary N) is 1. The van der Waals surface area contributed by atoms with E-state index in [2.05, 4.69) is 13.8 Å². The van der Waals surface area contributed by atoms with Crippen LogP contribution in [0.15, 0.2) is 0 Å². The van der Waals surface area contributed by atoms with Crippen LogP contribution in [0.2, 0.25) is 0 Å². The molecule has 1 amide bonds. The molecule has 0 rings (SSSR count). The summed E-state index contributed by atoms with van der Waals surface area (Å²) in [5.41, 5.74) is 5.39. The Morgan fingerprint density at radius 1 is 1.43 bits per heavy atom. The van der Waals surface area contributed by atoms with Crippen LogP contribution in [-0.2, 0) is 4.79 Å². The van der Waals surface area contributed by atoms with Gasteiger partial charge in [0, 0.05) is 26.4 Å². The summed E-state index contributed by atoms with van der Waals surface area (Å²) in [7, 11) is 0. The Bertz CT molecular complexity index is 204. The molecule has 3 nitrogen and oxygen atoms in total. The summed E-state index contributed by atoms with van der Waals surface area (Å²) in [6.07, 6.45) is 1.64. The number of rotatable bonds is 6. The van der Waals surface area contributed by atoms with Crippen LogP contribution in [0.4, 0.5) is 0 Å². The zero-order valence-corrected chi connectivity index (χ0v) is 10.1. The molecule has 0 heterocycles. The highest BCUT2D eigenvalue weighted by Gasteiger charge is 2.09. The van der Waals surface area contributed by atoms with E-state index in [4.69, 9.17) is 18.0 Å². The lowest BCUT2D eigenvalue weighted by molar-refractivity contribution is -0.128. The Morgan fingerprint density at radius 3 is 2.36 bits per heavy atom. The van der Waals surface area contributed by atoms with E-state index in [9.17, 15) is 4.79 Å². The predicted octanol–water partition coefficient (Wildman–Crippen LogP) is 1.56. The van der Waals surface area contributed by atoms with Crippen LogP contribution >= 0.6 is 12.2 Å². The van der Waals surface area contributed by atoms with Crippen LogP contribution in [0.3, 0.4) is 0 Å². The maximum atomic E-state index is 11.2. The lowest BCUT2D eigenvalue weighted by Crippen LogP contribution is -2.33. The smallest absolute Gasteiger partial charge is 0.219 e. The Kier molecular flexibility index (Phi) is 6.45. The molecule has 0 aliphatic heterocycles. The van der Waals surface area contributed by atoms with E-state index >= 15 is 0 Å². The Morgan fingerprint density at radius 2 is 2.00 bits per heavy atom. The third-order valence-corrected chi connectivity index (χ3v) is 2.25. The van der Waals surface area contributed by atoms with Crippen molar-refractivity contribution in [1.82, 2.24) is 4.90 Å². The highest BCUT2D eigenvalue weighted by Crippen LogP contribution is 2.03. The summed E-state index contributed by atoms with van der Waals surface area (Å²) >= 11 is 4.78. The minimum atomic E-state index is 0.0990. The van der Waals surface area contributed by atoms with Crippen LogP contribution in [0.5, 0.6) is 0 Å². The fourth-order valence-corrected chi connectivity index (χ4v) is 1.18. The van der Waals surface area contributed by atoms with Gasteiger partial charge in [0.15, 0.2) is 0 Å². The van der Waals surface area contributed by atoms with Crippen LogP contribution in [0, 0.1) is 5.92 Å². The topological polar surface area (TPSA) is 46.3 Å². The Labute approximate surface area is 91.6 Å². The van der Waals surface area contributed by atoms with Gasteiger partial charge >= 0.3 is 0 Å². The van der Waals surface area contributed by atoms with Gasteiger partial charge in [-0.15, -0.1) is 0 Å². The van der Waals surface area contributed by atoms with Crippen LogP contribution in [0.25, 0.3) is 0 Å². The summed E-state index contributed by atoms with van der Waals surface area (Å²) in [5, 5.41) is 0. The summed E-state index contributed by atoms with van der Waals surface area (Å²) in [5.74, 6) is 0.712. The van der Waals surface area contributed by atoms with Crippen LogP contribution in [0.1, 0.15) is 33.6 Å². The van der Waals surface area contributed by atoms with Gasteiger partial charge in [-0.05, 0) is 12.3 Å². The monoisotopic (exact) mass is 216 g/mol. The van der Waals surface area contributed by atoms with Gasteiger partial charge in [-0.1, -0.05) is 26.1 Å². The highest BCUT2D eigenvalue weighted by molar-refractivity contribution is 7.80. The summed E-state index contributed by atoms with van der Waals surface area (Å²) in [6.45, 7) is 7.32. The average Bonchev–Trinajstić information content (AvgIpc) is 2.02. The number of carbonyl (C=O) groups is 1. The zero-order chi connectivity index (χ0) is 11.1. The molecule has 0 aliphatic carbocycles. The molecule has 4 heteroatoms. The number of hydrogen-bond donors (Lipinski definition) is 1. The van der Waals surface area contributed by atoms with Gasteiger partial charge in [-0.25, -0.2) is 0 Å². The molecule has 0 aromatic rings. The van der Waals surface area contributed by atoms with Gasteiger partial charge < -0.3 is 10.6 Å². The molecular weight excluding hydrogens is 196 g/mol. The van der Waals surface area contributed by atoms with Crippen molar-refractivity contribution in [2.24, 2.45) is 11.7 Å². The van der Waals surface area contributed by atoms with E-state index in [-0.39, 0.29) is 5.91 Å². The average molecular weight is 216 g/mol. The molecule has 2 N–H and O–H groups in total. The predicted molar refractivity (Wildman–Crippen MR) is 63.1 cm³/mol. The SMILES string of the molecule is CC(=O)N(CCC(N)=S)CCC(C)C. The maximum absolute atomic E-state index is 11.2. The Hall–Kier alpha value is -0.640. The molecular formula is C10H20N2OS. The van der Waals surface area contributed by atoms with Gasteiger partial charge in [0.1, 0.15) is 0 Å². The minimum Gasteiger partial charge on any atom is -0.393 e. The van der Waals surface area contributed by atoms with E-state index in [1.165, 1.54) is 0 Å². The van der Waals surface area contributed by atoms with Crippen molar-refractivity contribution in [3.05, 3.63) is 0 Å². The summed E-state index contributed by atoms with van der Waals surface area (Å²) in [4.78, 5) is 13.5.